The van der Waals surface area contributed by atoms with Crippen molar-refractivity contribution in [1.29, 1.82) is 0 Å². The highest BCUT2D eigenvalue weighted by Crippen LogP contribution is 2.33. The fourth-order valence-corrected chi connectivity index (χ4v) is 3.78. The van der Waals surface area contributed by atoms with Gasteiger partial charge in [0.2, 0.25) is 5.91 Å². The fourth-order valence-electron chi connectivity index (χ4n) is 3.78. The lowest BCUT2D eigenvalue weighted by Crippen LogP contribution is -2.38. The van der Waals surface area contributed by atoms with E-state index >= 15 is 0 Å². The van der Waals surface area contributed by atoms with Crippen LogP contribution < -0.4 is 20.1 Å². The largest absolute Gasteiger partial charge is 0.493 e. The van der Waals surface area contributed by atoms with Gasteiger partial charge in [-0.05, 0) is 47.7 Å². The van der Waals surface area contributed by atoms with Crippen LogP contribution in [0.3, 0.4) is 0 Å². The van der Waals surface area contributed by atoms with Crippen LogP contribution in [0.15, 0.2) is 66.9 Å². The van der Waals surface area contributed by atoms with Crippen molar-refractivity contribution in [3.63, 3.8) is 0 Å². The molecule has 0 spiro atoms. The van der Waals surface area contributed by atoms with E-state index in [2.05, 4.69) is 15.6 Å². The molecular formula is C26H28F3N3O3. The number of alkyl halides is 3. The molecule has 0 bridgehead atoms. The monoisotopic (exact) mass is 487 g/mol. The smallest absolute Gasteiger partial charge is 0.433 e. The Hall–Kier alpha value is -3.59. The zero-order valence-electron chi connectivity index (χ0n) is 19.7. The molecule has 6 nitrogen and oxygen atoms in total. The average molecular weight is 488 g/mol. The van der Waals surface area contributed by atoms with E-state index in [9.17, 15) is 18.0 Å². The summed E-state index contributed by atoms with van der Waals surface area (Å²) < 4.78 is 49.4. The highest BCUT2D eigenvalue weighted by atomic mass is 19.4. The van der Waals surface area contributed by atoms with Gasteiger partial charge in [0.15, 0.2) is 11.5 Å². The number of halogens is 3. The lowest BCUT2D eigenvalue weighted by molar-refractivity contribution is -0.141. The van der Waals surface area contributed by atoms with Crippen LogP contribution in [0.4, 0.5) is 13.2 Å². The molecule has 0 aliphatic rings. The number of ether oxygens (including phenoxy) is 2. The summed E-state index contributed by atoms with van der Waals surface area (Å²) in [5.41, 5.74) is 1.35. The third kappa shape index (κ3) is 6.73. The molecule has 0 saturated heterocycles. The van der Waals surface area contributed by atoms with Crippen LogP contribution in [-0.4, -0.2) is 32.2 Å². The van der Waals surface area contributed by atoms with Gasteiger partial charge in [0.05, 0.1) is 14.2 Å². The fraction of sp³-hybridized carbons (Fsp3) is 0.308. The minimum Gasteiger partial charge on any atom is -0.493 e. The molecule has 2 aromatic carbocycles. The first-order valence-electron chi connectivity index (χ1n) is 11.0. The summed E-state index contributed by atoms with van der Waals surface area (Å²) in [6, 6.07) is 16.2. The van der Waals surface area contributed by atoms with Crippen molar-refractivity contribution in [2.45, 2.75) is 31.1 Å². The van der Waals surface area contributed by atoms with E-state index in [4.69, 9.17) is 9.47 Å². The molecule has 1 amide bonds. The quantitative estimate of drug-likeness (QED) is 0.427. The molecule has 2 atom stereocenters. The van der Waals surface area contributed by atoms with Gasteiger partial charge in [-0.3, -0.25) is 15.1 Å². The molecule has 3 rings (SSSR count). The van der Waals surface area contributed by atoms with Gasteiger partial charge in [-0.25, -0.2) is 0 Å². The number of hydrogen-bond acceptors (Lipinski definition) is 5. The first-order valence-corrected chi connectivity index (χ1v) is 11.0. The van der Waals surface area contributed by atoms with E-state index in [0.717, 1.165) is 17.2 Å². The van der Waals surface area contributed by atoms with Gasteiger partial charge in [0, 0.05) is 19.3 Å². The van der Waals surface area contributed by atoms with Gasteiger partial charge in [0.25, 0.3) is 0 Å². The Morgan fingerprint density at radius 2 is 1.69 bits per heavy atom. The molecule has 0 saturated carbocycles. The maximum atomic E-state index is 12.9. The topological polar surface area (TPSA) is 72.5 Å². The number of nitrogens with one attached hydrogen (secondary N) is 2. The van der Waals surface area contributed by atoms with Crippen molar-refractivity contribution in [2.24, 2.45) is 0 Å². The first kappa shape index (κ1) is 26.0. The molecule has 3 aromatic rings. The van der Waals surface area contributed by atoms with Crippen molar-refractivity contribution in [2.75, 3.05) is 21.3 Å². The van der Waals surface area contributed by atoms with Crippen molar-refractivity contribution < 1.29 is 27.4 Å². The van der Waals surface area contributed by atoms with Gasteiger partial charge in [-0.2, -0.15) is 13.2 Å². The van der Waals surface area contributed by atoms with E-state index in [1.165, 1.54) is 19.4 Å². The van der Waals surface area contributed by atoms with E-state index in [0.29, 0.717) is 29.9 Å². The Balaban J connectivity index is 1.91. The van der Waals surface area contributed by atoms with E-state index in [-0.39, 0.29) is 11.9 Å². The minimum atomic E-state index is -4.49. The highest BCUT2D eigenvalue weighted by molar-refractivity contribution is 5.83. The minimum absolute atomic E-state index is 0.210. The lowest BCUT2D eigenvalue weighted by Gasteiger charge is -2.26. The Morgan fingerprint density at radius 3 is 2.26 bits per heavy atom. The molecule has 0 aliphatic carbocycles. The number of carbonyl (C=O) groups is 1. The zero-order chi connectivity index (χ0) is 25.4. The van der Waals surface area contributed by atoms with Gasteiger partial charge in [-0.1, -0.05) is 42.5 Å². The summed E-state index contributed by atoms with van der Waals surface area (Å²) in [5, 5.41) is 6.12. The Bertz CT molecular complexity index is 1110. The number of methoxy groups -OCH3 is 2. The predicted octanol–water partition coefficient (Wildman–Crippen LogP) is 4.87. The number of nitrogens with zero attached hydrogens (tertiary/aromatic N) is 1. The number of aryl methyl sites for hydroxylation is 1. The molecule has 186 valence electrons. The van der Waals surface area contributed by atoms with E-state index < -0.39 is 17.9 Å². The SMILES string of the molecule is CNC(=O)[C@@H](N[C@@H](CCc1ccc(C(F)(F)F)nc1)c1ccc(OC)c(OC)c1)c1ccccc1. The van der Waals surface area contributed by atoms with Crippen LogP contribution in [0.2, 0.25) is 0 Å². The number of carbonyl (C=O) groups excluding carboxylic acids is 1. The standard InChI is InChI=1S/C26H28F3N3O3/c1-30-25(33)24(18-7-5-4-6-8-18)32-20(19-11-13-21(34-2)22(15-19)35-3)12-9-17-10-14-23(31-16-17)26(27,28)29/h4-8,10-11,13-16,20,24,32H,9,12H2,1-3H3,(H,30,33)/t20-,24-/m0/s1. The number of benzene rings is 2. The molecule has 0 fully saturated rings. The second-order valence-electron chi connectivity index (χ2n) is 7.88. The van der Waals surface area contributed by atoms with Crippen molar-refractivity contribution in [1.82, 2.24) is 15.6 Å². The van der Waals surface area contributed by atoms with Crippen molar-refractivity contribution in [3.05, 3.63) is 89.2 Å². The maximum Gasteiger partial charge on any atom is 0.433 e. The Morgan fingerprint density at radius 1 is 0.971 bits per heavy atom. The average Bonchev–Trinajstić information content (AvgIpc) is 2.88. The number of likely N-dealkylation sites (N-methyl/N-ethyl adjacent to an activating group) is 1. The first-order chi connectivity index (χ1) is 16.8. The summed E-state index contributed by atoms with van der Waals surface area (Å²) in [6.45, 7) is 0. The zero-order valence-corrected chi connectivity index (χ0v) is 19.7. The van der Waals surface area contributed by atoms with Crippen molar-refractivity contribution in [3.8, 4) is 11.5 Å². The van der Waals surface area contributed by atoms with Crippen LogP contribution >= 0.6 is 0 Å². The Labute approximate surface area is 202 Å². The maximum absolute atomic E-state index is 12.9. The number of hydrogen-bond donors (Lipinski definition) is 2. The molecule has 1 aromatic heterocycles. The second-order valence-corrected chi connectivity index (χ2v) is 7.88. The number of rotatable bonds is 10. The molecule has 0 radical (unpaired) electrons. The van der Waals surface area contributed by atoms with Gasteiger partial charge < -0.3 is 14.8 Å². The summed E-state index contributed by atoms with van der Waals surface area (Å²) in [7, 11) is 4.65. The highest BCUT2D eigenvalue weighted by Gasteiger charge is 2.32. The summed E-state index contributed by atoms with van der Waals surface area (Å²) >= 11 is 0. The molecular weight excluding hydrogens is 459 g/mol. The summed E-state index contributed by atoms with van der Waals surface area (Å²) in [6.07, 6.45) is -2.32. The van der Waals surface area contributed by atoms with Gasteiger partial charge in [-0.15, -0.1) is 0 Å². The number of aromatic nitrogens is 1. The molecule has 9 heteroatoms. The second kappa shape index (κ2) is 11.7. The molecule has 35 heavy (non-hydrogen) atoms. The van der Waals surface area contributed by atoms with Crippen molar-refractivity contribution >= 4 is 5.91 Å². The molecule has 1 heterocycles. The molecule has 0 unspecified atom stereocenters. The normalized spacial score (nSPS) is 13.1. The van der Waals surface area contributed by atoms with Crippen LogP contribution in [0, 0.1) is 0 Å². The summed E-state index contributed by atoms with van der Waals surface area (Å²) in [5.74, 6) is 0.884. The third-order valence-corrected chi connectivity index (χ3v) is 5.66. The van der Waals surface area contributed by atoms with Crippen LogP contribution in [0.25, 0.3) is 0 Å². The van der Waals surface area contributed by atoms with E-state index in [1.54, 1.807) is 20.2 Å². The molecule has 0 aliphatic heterocycles. The lowest BCUT2D eigenvalue weighted by atomic mass is 9.96. The predicted molar refractivity (Wildman–Crippen MR) is 126 cm³/mol. The van der Waals surface area contributed by atoms with Gasteiger partial charge in [0.1, 0.15) is 11.7 Å². The van der Waals surface area contributed by atoms with Crippen LogP contribution in [0.5, 0.6) is 11.5 Å². The van der Waals surface area contributed by atoms with Crippen LogP contribution in [0.1, 0.15) is 40.9 Å². The van der Waals surface area contributed by atoms with Gasteiger partial charge >= 0.3 is 6.18 Å². The number of pyridine rings is 1. The number of amides is 1. The van der Waals surface area contributed by atoms with Crippen LogP contribution in [-0.2, 0) is 17.4 Å². The van der Waals surface area contributed by atoms with E-state index in [1.807, 2.05) is 42.5 Å². The third-order valence-electron chi connectivity index (χ3n) is 5.66. The summed E-state index contributed by atoms with van der Waals surface area (Å²) in [4.78, 5) is 16.3. The Kier molecular flexibility index (Phi) is 8.70. The molecule has 2 N–H and O–H groups in total.